The number of hydrogen-bond donors (Lipinski definition) is 0. The fraction of sp³-hybridized carbons (Fsp3) is 0.571. The van der Waals surface area contributed by atoms with Gasteiger partial charge in [-0.25, -0.2) is 0 Å². The van der Waals surface area contributed by atoms with Crippen LogP contribution in [0.1, 0.15) is 23.0 Å². The Morgan fingerprint density at radius 2 is 2.09 bits per heavy atom. The summed E-state index contributed by atoms with van der Waals surface area (Å²) in [5, 5.41) is 0. The molecule has 0 bridgehead atoms. The number of carbonyl (C=O) groups is 1. The Morgan fingerprint density at radius 1 is 1.41 bits per heavy atom. The van der Waals surface area contributed by atoms with Crippen molar-refractivity contribution in [2.75, 3.05) is 19.7 Å². The number of alkyl halides is 3. The van der Waals surface area contributed by atoms with E-state index >= 15 is 0 Å². The minimum atomic E-state index is -4.53. The number of rotatable bonds is 2. The third-order valence-corrected chi connectivity index (χ3v) is 3.66. The summed E-state index contributed by atoms with van der Waals surface area (Å²) in [4.78, 5) is 25.6. The minimum absolute atomic E-state index is 0.0326. The van der Waals surface area contributed by atoms with Gasteiger partial charge in [-0.1, -0.05) is 0 Å². The zero-order valence-electron chi connectivity index (χ0n) is 12.3. The van der Waals surface area contributed by atoms with E-state index in [1.807, 2.05) is 0 Å². The van der Waals surface area contributed by atoms with Crippen LogP contribution in [0.15, 0.2) is 16.9 Å². The molecule has 5 nitrogen and oxygen atoms in total. The topological polar surface area (TPSA) is 51.5 Å². The second-order valence-corrected chi connectivity index (χ2v) is 5.09. The molecule has 122 valence electrons. The van der Waals surface area contributed by atoms with Gasteiger partial charge in [0.15, 0.2) is 6.10 Å². The van der Waals surface area contributed by atoms with Gasteiger partial charge in [-0.15, -0.1) is 0 Å². The first kappa shape index (κ1) is 16.5. The van der Waals surface area contributed by atoms with Crippen molar-refractivity contribution in [3.8, 4) is 0 Å². The summed E-state index contributed by atoms with van der Waals surface area (Å²) in [5.41, 5.74) is 0.0945. The smallest absolute Gasteiger partial charge is 0.365 e. The van der Waals surface area contributed by atoms with Crippen LogP contribution in [0.25, 0.3) is 0 Å². The zero-order chi connectivity index (χ0) is 16.5. The molecule has 1 atom stereocenters. The van der Waals surface area contributed by atoms with Crippen molar-refractivity contribution in [3.63, 3.8) is 0 Å². The highest BCUT2D eigenvalue weighted by atomic mass is 19.4. The second-order valence-electron chi connectivity index (χ2n) is 5.09. The van der Waals surface area contributed by atoms with E-state index in [2.05, 4.69) is 4.74 Å². The Morgan fingerprint density at radius 3 is 2.68 bits per heavy atom. The number of aromatic nitrogens is 1. The van der Waals surface area contributed by atoms with Crippen LogP contribution in [0.5, 0.6) is 0 Å². The molecule has 0 aliphatic carbocycles. The molecule has 2 heterocycles. The molecular formula is C14H17F3N2O3. The van der Waals surface area contributed by atoms with Crippen molar-refractivity contribution in [1.82, 2.24) is 9.47 Å². The van der Waals surface area contributed by atoms with Crippen LogP contribution in [0, 0.1) is 6.92 Å². The number of hydrogen-bond acceptors (Lipinski definition) is 3. The lowest BCUT2D eigenvalue weighted by molar-refractivity contribution is -0.233. The van der Waals surface area contributed by atoms with Crippen molar-refractivity contribution in [3.05, 3.63) is 33.7 Å². The Balaban J connectivity index is 2.27. The van der Waals surface area contributed by atoms with Crippen molar-refractivity contribution in [1.29, 1.82) is 0 Å². The lowest BCUT2D eigenvalue weighted by Gasteiger charge is -2.33. The standard InChI is InChI=1S/C14H17F3N2O3/c1-3-19-9(2)4-5-10(13(19)21)12(20)18-6-7-22-11(8-18)14(15,16)17/h4-5,11H,3,6-8H2,1-2H3/t11-/m1/s1. The summed E-state index contributed by atoms with van der Waals surface area (Å²) in [6, 6.07) is 2.98. The number of halogens is 3. The van der Waals surface area contributed by atoms with Crippen LogP contribution in [-0.2, 0) is 11.3 Å². The molecule has 1 aromatic heterocycles. The molecule has 0 unspecified atom stereocenters. The maximum absolute atomic E-state index is 12.7. The van der Waals surface area contributed by atoms with Gasteiger partial charge in [0.25, 0.3) is 11.5 Å². The molecule has 22 heavy (non-hydrogen) atoms. The molecule has 1 aliphatic heterocycles. The van der Waals surface area contributed by atoms with Crippen molar-refractivity contribution in [2.45, 2.75) is 32.7 Å². The SMILES string of the molecule is CCn1c(C)ccc(C(=O)N2CCO[C@@H](C(F)(F)F)C2)c1=O. The lowest BCUT2D eigenvalue weighted by atomic mass is 10.2. The first-order valence-corrected chi connectivity index (χ1v) is 6.93. The fourth-order valence-corrected chi connectivity index (χ4v) is 2.43. The maximum Gasteiger partial charge on any atom is 0.416 e. The van der Waals surface area contributed by atoms with Gasteiger partial charge in [0.2, 0.25) is 0 Å². The van der Waals surface area contributed by atoms with Gasteiger partial charge in [0.1, 0.15) is 5.56 Å². The Kier molecular flexibility index (Phi) is 4.60. The van der Waals surface area contributed by atoms with Crippen LogP contribution >= 0.6 is 0 Å². The largest absolute Gasteiger partial charge is 0.416 e. The number of nitrogens with zero attached hydrogens (tertiary/aromatic N) is 2. The molecule has 8 heteroatoms. The lowest BCUT2D eigenvalue weighted by Crippen LogP contribution is -2.52. The molecule has 1 amide bonds. The molecule has 0 saturated carbocycles. The van der Waals surface area contributed by atoms with Gasteiger partial charge in [0.05, 0.1) is 13.2 Å². The molecule has 0 N–H and O–H groups in total. The van der Waals surface area contributed by atoms with Crippen molar-refractivity contribution >= 4 is 5.91 Å². The molecule has 0 radical (unpaired) electrons. The Labute approximate surface area is 125 Å². The fourth-order valence-electron chi connectivity index (χ4n) is 2.43. The summed E-state index contributed by atoms with van der Waals surface area (Å²) in [6.45, 7) is 3.11. The summed E-state index contributed by atoms with van der Waals surface area (Å²) >= 11 is 0. The first-order chi connectivity index (χ1) is 10.3. The third kappa shape index (κ3) is 3.16. The van der Waals surface area contributed by atoms with Crippen LogP contribution < -0.4 is 5.56 Å². The predicted molar refractivity (Wildman–Crippen MR) is 72.8 cm³/mol. The van der Waals surface area contributed by atoms with E-state index in [1.165, 1.54) is 10.6 Å². The van der Waals surface area contributed by atoms with Gasteiger partial charge < -0.3 is 14.2 Å². The van der Waals surface area contributed by atoms with Gasteiger partial charge in [0, 0.05) is 18.8 Å². The van der Waals surface area contributed by atoms with E-state index in [4.69, 9.17) is 0 Å². The molecule has 2 rings (SSSR count). The van der Waals surface area contributed by atoms with Gasteiger partial charge in [-0.05, 0) is 26.0 Å². The molecule has 1 fully saturated rings. The van der Waals surface area contributed by atoms with Crippen LogP contribution in [0.4, 0.5) is 13.2 Å². The number of ether oxygens (including phenoxy) is 1. The predicted octanol–water partition coefficient (Wildman–Crippen LogP) is 1.58. The van der Waals surface area contributed by atoms with E-state index < -0.39 is 30.3 Å². The first-order valence-electron chi connectivity index (χ1n) is 6.93. The van der Waals surface area contributed by atoms with E-state index in [0.717, 1.165) is 4.90 Å². The molecular weight excluding hydrogens is 301 g/mol. The van der Waals surface area contributed by atoms with E-state index in [0.29, 0.717) is 12.2 Å². The van der Waals surface area contributed by atoms with Gasteiger partial charge in [-0.2, -0.15) is 13.2 Å². The second kappa shape index (κ2) is 6.12. The highest BCUT2D eigenvalue weighted by molar-refractivity contribution is 5.94. The molecule has 0 aromatic carbocycles. The summed E-state index contributed by atoms with van der Waals surface area (Å²) < 4.78 is 44.2. The summed E-state index contributed by atoms with van der Waals surface area (Å²) in [5.74, 6) is -0.690. The van der Waals surface area contributed by atoms with Gasteiger partial charge >= 0.3 is 6.18 Å². The molecule has 1 aliphatic rings. The number of carbonyl (C=O) groups excluding carboxylic acids is 1. The Hall–Kier alpha value is -1.83. The third-order valence-electron chi connectivity index (χ3n) is 3.66. The number of morpholine rings is 1. The summed E-state index contributed by atoms with van der Waals surface area (Å²) in [7, 11) is 0. The quantitative estimate of drug-likeness (QED) is 0.832. The average Bonchev–Trinajstić information content (AvgIpc) is 2.46. The van der Waals surface area contributed by atoms with Crippen molar-refractivity contribution < 1.29 is 22.7 Å². The highest BCUT2D eigenvalue weighted by Crippen LogP contribution is 2.26. The maximum atomic E-state index is 12.7. The van der Waals surface area contributed by atoms with E-state index in [9.17, 15) is 22.8 Å². The highest BCUT2D eigenvalue weighted by Gasteiger charge is 2.44. The minimum Gasteiger partial charge on any atom is -0.365 e. The monoisotopic (exact) mass is 318 g/mol. The van der Waals surface area contributed by atoms with Crippen LogP contribution in [-0.4, -0.2) is 47.4 Å². The number of pyridine rings is 1. The van der Waals surface area contributed by atoms with Crippen molar-refractivity contribution in [2.24, 2.45) is 0 Å². The number of aryl methyl sites for hydroxylation is 1. The zero-order valence-corrected chi connectivity index (χ0v) is 12.3. The van der Waals surface area contributed by atoms with Gasteiger partial charge in [-0.3, -0.25) is 9.59 Å². The Bertz CT molecular complexity index is 625. The van der Waals surface area contributed by atoms with E-state index in [1.54, 1.807) is 19.9 Å². The molecule has 1 saturated heterocycles. The number of amides is 1. The van der Waals surface area contributed by atoms with Crippen LogP contribution in [0.3, 0.4) is 0 Å². The van der Waals surface area contributed by atoms with E-state index in [-0.39, 0.29) is 18.7 Å². The normalized spacial score (nSPS) is 19.3. The molecule has 0 spiro atoms. The average molecular weight is 318 g/mol. The molecule has 1 aromatic rings. The van der Waals surface area contributed by atoms with Crippen LogP contribution in [0.2, 0.25) is 0 Å². The summed E-state index contributed by atoms with van der Waals surface area (Å²) in [6.07, 6.45) is -6.54.